The summed E-state index contributed by atoms with van der Waals surface area (Å²) in [7, 11) is -2.72. The summed E-state index contributed by atoms with van der Waals surface area (Å²) in [5, 5.41) is 30.5. The number of carbonyl (C=O) groups is 5. The van der Waals surface area contributed by atoms with E-state index in [4.69, 9.17) is 22.7 Å². The van der Waals surface area contributed by atoms with Crippen LogP contribution in [0.2, 0.25) is 0 Å². The first-order valence-corrected chi connectivity index (χ1v) is 24.2. The lowest BCUT2D eigenvalue weighted by Gasteiger charge is -2.18. The summed E-state index contributed by atoms with van der Waals surface area (Å²) in [6.45, 7) is 1.25. The number of fused-ring (bicyclic) bond motifs is 2. The smallest absolute Gasteiger partial charge is 0.508 e. The Balaban J connectivity index is 0.811. The Labute approximate surface area is 396 Å². The van der Waals surface area contributed by atoms with Crippen LogP contribution in [0.15, 0.2) is 79.6 Å². The standard InChI is InChI=1S/C45H48N5O17PS/c1-24-22-50(45(61)46-41(24)56)39-20-32(53)35(67-39)23-65-68(62,63-2)64-15-16-69-36-21-38(55)49(43(36)58)14-6-4-3-5-7-37(54)47-48-42(57)25-8-11-28(44(59)60)31(17-25)40-29-12-9-26(51)18-33(29)66-34-19-27(52)10-13-30(34)40/h8-13,17-19,22,32,35-36,39,53,62H,3-7,14-16,20-21,23H2,1-2H3,(H4-,46,47,48,51,52,54,56,57,59,60,61)/p+1/t32?,35-,36?,39-,68?/m1/s1. The van der Waals surface area contributed by atoms with E-state index >= 15 is 0 Å². The molecule has 22 nitrogen and oxygen atoms in total. The van der Waals surface area contributed by atoms with Crippen molar-refractivity contribution in [3.63, 3.8) is 0 Å². The van der Waals surface area contributed by atoms with E-state index in [0.29, 0.717) is 42.2 Å². The molecule has 7 rings (SSSR count). The Bertz CT molecular complexity index is 2920. The normalized spacial score (nSPS) is 19.0. The second kappa shape index (κ2) is 22.0. The largest absolute Gasteiger partial charge is 0.572 e. The SMILES string of the molecule is CO[P+](O)(OCCSC1CC(=O)N(CCCCCCC(=O)NNC(=O)c2ccc(C(=O)O)c(-c3c4ccc(=O)cc-4oc4cc(O)ccc34)c2)C1=O)OC[C@H]1O[C@@H](n2cc(C)c(=O)[nH]c2=O)CC1O. The summed E-state index contributed by atoms with van der Waals surface area (Å²) < 4.78 is 28.8. The van der Waals surface area contributed by atoms with E-state index in [9.17, 15) is 58.6 Å². The second-order valence-electron chi connectivity index (χ2n) is 16.2. The molecule has 3 aromatic rings. The Kier molecular flexibility index (Phi) is 16.1. The number of aromatic nitrogens is 2. The number of hydrogen-bond acceptors (Lipinski definition) is 17. The highest BCUT2D eigenvalue weighted by atomic mass is 32.2. The topological polar surface area (TPSA) is 316 Å². The number of aliphatic hydroxyl groups excluding tert-OH is 1. The van der Waals surface area contributed by atoms with Crippen molar-refractivity contribution in [2.75, 3.05) is 32.6 Å². The van der Waals surface area contributed by atoms with Gasteiger partial charge in [0.15, 0.2) is 5.43 Å². The van der Waals surface area contributed by atoms with Crippen molar-refractivity contribution in [2.24, 2.45) is 0 Å². The molecule has 0 spiro atoms. The molecule has 4 amide bonds. The summed E-state index contributed by atoms with van der Waals surface area (Å²) in [5.74, 6) is -2.96. The molecule has 0 bridgehead atoms. The number of amides is 4. The maximum absolute atomic E-state index is 13.2. The first-order chi connectivity index (χ1) is 32.9. The first kappa shape index (κ1) is 50.6. The number of carbonyl (C=O) groups excluding carboxylic acids is 4. The number of unbranched alkanes of at least 4 members (excludes halogenated alkanes) is 3. The molecule has 366 valence electrons. The van der Waals surface area contributed by atoms with E-state index in [1.807, 2.05) is 0 Å². The van der Waals surface area contributed by atoms with Gasteiger partial charge in [-0.3, -0.25) is 54.1 Å². The Hall–Kier alpha value is -6.30. The molecule has 1 aliphatic carbocycles. The van der Waals surface area contributed by atoms with Crippen LogP contribution in [-0.2, 0) is 32.7 Å². The van der Waals surface area contributed by atoms with Crippen molar-refractivity contribution >= 4 is 60.5 Å². The molecule has 3 aliphatic heterocycles. The lowest BCUT2D eigenvalue weighted by atomic mass is 9.89. The molecular weight excluding hydrogens is 946 g/mol. The van der Waals surface area contributed by atoms with Crippen molar-refractivity contribution in [1.82, 2.24) is 25.3 Å². The Morgan fingerprint density at radius 3 is 2.51 bits per heavy atom. The average molecular weight is 995 g/mol. The van der Waals surface area contributed by atoms with Gasteiger partial charge in [-0.2, -0.15) is 18.5 Å². The van der Waals surface area contributed by atoms with Gasteiger partial charge in [-0.25, -0.2) is 9.59 Å². The van der Waals surface area contributed by atoms with Crippen LogP contribution in [0.3, 0.4) is 0 Å². The predicted molar refractivity (Wildman–Crippen MR) is 248 cm³/mol. The van der Waals surface area contributed by atoms with Crippen LogP contribution in [-0.4, -0.2) is 114 Å². The lowest BCUT2D eigenvalue weighted by molar-refractivity contribution is -0.138. The van der Waals surface area contributed by atoms with Crippen LogP contribution in [0, 0.1) is 6.92 Å². The number of hydrogen-bond donors (Lipinski definition) is 7. The zero-order valence-corrected chi connectivity index (χ0v) is 38.9. The molecular formula is C45H49N5O17PS+. The molecule has 0 radical (unpaired) electrons. The number of aryl methyl sites for hydroxylation is 1. The summed E-state index contributed by atoms with van der Waals surface area (Å²) in [5.41, 5.74) is 4.30. The number of phenolic OH excluding ortho intramolecular Hbond substituents is 1. The van der Waals surface area contributed by atoms with E-state index in [-0.39, 0.29) is 101 Å². The van der Waals surface area contributed by atoms with Crippen molar-refractivity contribution in [3.05, 3.63) is 109 Å². The number of carboxylic acid groups (broad SMARTS) is 1. The van der Waals surface area contributed by atoms with Crippen LogP contribution in [0.4, 0.5) is 0 Å². The van der Waals surface area contributed by atoms with Crippen molar-refractivity contribution in [3.8, 4) is 28.2 Å². The molecule has 0 saturated carbocycles. The molecule has 2 aromatic carbocycles. The molecule has 5 atom stereocenters. The minimum absolute atomic E-state index is 0.0123. The van der Waals surface area contributed by atoms with Crippen LogP contribution < -0.4 is 27.5 Å². The number of aromatic carboxylic acids is 1. The Morgan fingerprint density at radius 1 is 0.957 bits per heavy atom. The van der Waals surface area contributed by atoms with Gasteiger partial charge in [-0.05, 0) is 67.8 Å². The zero-order valence-electron chi connectivity index (χ0n) is 37.2. The number of nitrogens with one attached hydrogen (secondary N) is 3. The number of thioether (sulfide) groups is 1. The molecule has 7 N–H and O–H groups in total. The molecule has 2 saturated heterocycles. The van der Waals surface area contributed by atoms with Crippen LogP contribution in [0.5, 0.6) is 5.75 Å². The molecule has 69 heavy (non-hydrogen) atoms. The molecule has 4 heterocycles. The number of H-pyrrole nitrogens is 1. The van der Waals surface area contributed by atoms with Gasteiger partial charge in [0.05, 0.1) is 24.0 Å². The van der Waals surface area contributed by atoms with Gasteiger partial charge in [0.2, 0.25) is 17.7 Å². The molecule has 4 aliphatic rings. The second-order valence-corrected chi connectivity index (χ2v) is 19.3. The highest BCUT2D eigenvalue weighted by molar-refractivity contribution is 8.00. The number of hydrazine groups is 1. The molecule has 3 unspecified atom stereocenters. The lowest BCUT2D eigenvalue weighted by Crippen LogP contribution is -2.41. The predicted octanol–water partition coefficient (Wildman–Crippen LogP) is 3.40. The number of aliphatic hydroxyl groups is 1. The number of aromatic hydroxyl groups is 1. The molecule has 24 heteroatoms. The summed E-state index contributed by atoms with van der Waals surface area (Å²) in [6, 6.07) is 12.2. The van der Waals surface area contributed by atoms with Gasteiger partial charge in [-0.1, -0.05) is 12.8 Å². The minimum atomic E-state index is -3.89. The first-order valence-electron chi connectivity index (χ1n) is 21.7. The fourth-order valence-electron chi connectivity index (χ4n) is 7.91. The van der Waals surface area contributed by atoms with E-state index < -0.39 is 60.9 Å². The number of ether oxygens (including phenoxy) is 1. The summed E-state index contributed by atoms with van der Waals surface area (Å²) in [4.78, 5) is 114. The van der Waals surface area contributed by atoms with Crippen LogP contribution in [0.25, 0.3) is 33.4 Å². The number of carboxylic acids is 1. The quantitative estimate of drug-likeness (QED) is 0.0193. The highest BCUT2D eigenvalue weighted by Crippen LogP contribution is 2.57. The Morgan fingerprint density at radius 2 is 1.74 bits per heavy atom. The summed E-state index contributed by atoms with van der Waals surface area (Å²) >= 11 is 1.17. The maximum atomic E-state index is 13.2. The van der Waals surface area contributed by atoms with Gasteiger partial charge in [-0.15, -0.1) is 11.8 Å². The number of rotatable bonds is 20. The monoisotopic (exact) mass is 994 g/mol. The van der Waals surface area contributed by atoms with Gasteiger partial charge in [0, 0.05) is 77.5 Å². The fourth-order valence-corrected chi connectivity index (χ4v) is 9.97. The van der Waals surface area contributed by atoms with Gasteiger partial charge < -0.3 is 24.5 Å². The number of phenols is 1. The van der Waals surface area contributed by atoms with Crippen molar-refractivity contribution < 1.29 is 66.9 Å². The molecule has 2 fully saturated rings. The number of likely N-dealkylation sites (tertiary alicyclic amines) is 1. The fraction of sp³-hybridized carbons (Fsp3) is 0.378. The number of benzene rings is 3. The van der Waals surface area contributed by atoms with Crippen molar-refractivity contribution in [1.29, 1.82) is 0 Å². The van der Waals surface area contributed by atoms with Gasteiger partial charge in [0.25, 0.3) is 11.5 Å². The van der Waals surface area contributed by atoms with E-state index in [2.05, 4.69) is 15.8 Å². The third-order valence-electron chi connectivity index (χ3n) is 11.5. The van der Waals surface area contributed by atoms with Crippen molar-refractivity contribution in [2.45, 2.75) is 75.6 Å². The van der Waals surface area contributed by atoms with E-state index in [1.165, 1.54) is 91.5 Å². The van der Waals surface area contributed by atoms with E-state index in [0.717, 1.165) is 4.57 Å². The number of imide groups is 1. The number of aromatic amines is 1. The molecule has 1 aromatic heterocycles. The summed E-state index contributed by atoms with van der Waals surface area (Å²) in [6.07, 6.45) is 0.563. The van der Waals surface area contributed by atoms with E-state index in [1.54, 1.807) is 0 Å². The van der Waals surface area contributed by atoms with Gasteiger partial charge in [0.1, 0.15) is 42.6 Å². The van der Waals surface area contributed by atoms with Crippen LogP contribution in [0.1, 0.15) is 77.5 Å². The zero-order chi connectivity index (χ0) is 49.6. The third-order valence-corrected chi connectivity index (χ3v) is 14.1. The number of nitrogens with zero attached hydrogens (tertiary/aromatic N) is 2. The minimum Gasteiger partial charge on any atom is -0.508 e. The highest BCUT2D eigenvalue weighted by Gasteiger charge is 2.47. The third kappa shape index (κ3) is 11.9. The maximum Gasteiger partial charge on any atom is 0.572 e. The van der Waals surface area contributed by atoms with Crippen LogP contribution >= 0.6 is 19.9 Å². The average Bonchev–Trinajstić information content (AvgIpc) is 3.82. The van der Waals surface area contributed by atoms with Gasteiger partial charge >= 0.3 is 19.8 Å².